The van der Waals surface area contributed by atoms with Crippen molar-refractivity contribution >= 4 is 40.1 Å². The molecule has 0 aliphatic rings. The number of halogens is 2. The lowest BCUT2D eigenvalue weighted by Gasteiger charge is -2.14. The normalized spacial score (nSPS) is 10.9. The summed E-state index contributed by atoms with van der Waals surface area (Å²) in [6.07, 6.45) is 0.655. The number of benzene rings is 2. The molecule has 0 N–H and O–H groups in total. The van der Waals surface area contributed by atoms with E-state index in [2.05, 4.69) is 0 Å². The maximum atomic E-state index is 11.8. The first kappa shape index (κ1) is 21.2. The fourth-order valence-corrected chi connectivity index (χ4v) is 3.30. The molecule has 0 bridgehead atoms. The predicted octanol–water partition coefficient (Wildman–Crippen LogP) is 5.48. The molecule has 0 saturated heterocycles. The summed E-state index contributed by atoms with van der Waals surface area (Å²) in [5, 5.41) is 1.70. The molecule has 3 aromatic rings. The Morgan fingerprint density at radius 3 is 2.62 bits per heavy atom. The molecule has 3 rings (SSSR count). The quantitative estimate of drug-likeness (QED) is 0.363. The summed E-state index contributed by atoms with van der Waals surface area (Å²) in [4.78, 5) is 23.5. The highest BCUT2D eigenvalue weighted by molar-refractivity contribution is 6.42. The van der Waals surface area contributed by atoms with Crippen LogP contribution >= 0.6 is 23.2 Å². The van der Waals surface area contributed by atoms with Crippen molar-refractivity contribution in [2.24, 2.45) is 0 Å². The van der Waals surface area contributed by atoms with Gasteiger partial charge in [-0.05, 0) is 55.2 Å². The van der Waals surface area contributed by atoms with Crippen LogP contribution in [0.25, 0.3) is 11.0 Å². The summed E-state index contributed by atoms with van der Waals surface area (Å²) in [7, 11) is 0. The first-order chi connectivity index (χ1) is 13.9. The summed E-state index contributed by atoms with van der Waals surface area (Å²) in [6.45, 7) is 4.18. The molecule has 0 aliphatic heterocycles. The average molecular weight is 435 g/mol. The zero-order valence-electron chi connectivity index (χ0n) is 16.1. The predicted molar refractivity (Wildman–Crippen MR) is 113 cm³/mol. The monoisotopic (exact) mass is 434 g/mol. The standard InChI is InChI=1S/C22H20Cl2O5/c1-3-27-21(25)7-5-15-10-16-13(2)8-22(26)29-20(16)11-19(15)28-12-14-4-6-17(23)18(24)9-14/h4,6,8-11H,3,5,7,12H2,1-2H3. The molecule has 1 heterocycles. The Bertz CT molecular complexity index is 1100. The van der Waals surface area contributed by atoms with Crippen molar-refractivity contribution < 1.29 is 18.7 Å². The number of rotatable bonds is 7. The van der Waals surface area contributed by atoms with E-state index >= 15 is 0 Å². The number of carbonyl (C=O) groups is 1. The summed E-state index contributed by atoms with van der Waals surface area (Å²) >= 11 is 12.0. The summed E-state index contributed by atoms with van der Waals surface area (Å²) < 4.78 is 16.3. The molecule has 7 heteroatoms. The van der Waals surface area contributed by atoms with Crippen LogP contribution in [-0.4, -0.2) is 12.6 Å². The lowest BCUT2D eigenvalue weighted by Crippen LogP contribution is -2.07. The van der Waals surface area contributed by atoms with E-state index in [0.29, 0.717) is 34.4 Å². The summed E-state index contributed by atoms with van der Waals surface area (Å²) in [5.74, 6) is 0.251. The van der Waals surface area contributed by atoms with Crippen LogP contribution in [0.2, 0.25) is 10.0 Å². The third-order valence-electron chi connectivity index (χ3n) is 4.41. The van der Waals surface area contributed by atoms with Gasteiger partial charge in [-0.25, -0.2) is 4.79 Å². The molecule has 0 aliphatic carbocycles. The SMILES string of the molecule is CCOC(=O)CCc1cc2c(C)cc(=O)oc2cc1OCc1ccc(Cl)c(Cl)c1. The minimum atomic E-state index is -0.426. The minimum Gasteiger partial charge on any atom is -0.488 e. The molecule has 0 radical (unpaired) electrons. The van der Waals surface area contributed by atoms with Crippen molar-refractivity contribution in [1.82, 2.24) is 0 Å². The second kappa shape index (κ2) is 9.33. The van der Waals surface area contributed by atoms with Crippen LogP contribution < -0.4 is 10.4 Å². The lowest BCUT2D eigenvalue weighted by atomic mass is 10.0. The lowest BCUT2D eigenvalue weighted by molar-refractivity contribution is -0.143. The van der Waals surface area contributed by atoms with Gasteiger partial charge in [0, 0.05) is 23.9 Å². The van der Waals surface area contributed by atoms with Crippen LogP contribution in [0.4, 0.5) is 0 Å². The molecule has 0 saturated carbocycles. The van der Waals surface area contributed by atoms with E-state index in [1.807, 2.05) is 19.1 Å². The minimum absolute atomic E-state index is 0.221. The molecule has 1 aromatic heterocycles. The van der Waals surface area contributed by atoms with E-state index in [4.69, 9.17) is 37.1 Å². The summed E-state index contributed by atoms with van der Waals surface area (Å²) in [6, 6.07) is 10.3. The van der Waals surface area contributed by atoms with Crippen molar-refractivity contribution in [1.29, 1.82) is 0 Å². The Kier molecular flexibility index (Phi) is 6.83. The molecule has 0 atom stereocenters. The first-order valence-electron chi connectivity index (χ1n) is 9.17. The zero-order chi connectivity index (χ0) is 21.0. The third-order valence-corrected chi connectivity index (χ3v) is 5.15. The van der Waals surface area contributed by atoms with Crippen molar-refractivity contribution in [3.05, 3.63) is 73.6 Å². The maximum absolute atomic E-state index is 11.8. The molecule has 0 unspecified atom stereocenters. The van der Waals surface area contributed by atoms with Crippen LogP contribution in [0, 0.1) is 6.92 Å². The second-order valence-electron chi connectivity index (χ2n) is 6.55. The van der Waals surface area contributed by atoms with Crippen LogP contribution in [0.3, 0.4) is 0 Å². The zero-order valence-corrected chi connectivity index (χ0v) is 17.6. The van der Waals surface area contributed by atoms with Crippen molar-refractivity contribution in [2.75, 3.05) is 6.61 Å². The summed E-state index contributed by atoms with van der Waals surface area (Å²) in [5.41, 5.74) is 2.46. The fraction of sp³-hybridized carbons (Fsp3) is 0.273. The van der Waals surface area contributed by atoms with Gasteiger partial charge in [-0.3, -0.25) is 4.79 Å². The van der Waals surface area contributed by atoms with Crippen molar-refractivity contribution in [2.45, 2.75) is 33.3 Å². The van der Waals surface area contributed by atoms with Gasteiger partial charge in [-0.15, -0.1) is 0 Å². The topological polar surface area (TPSA) is 65.7 Å². The van der Waals surface area contributed by atoms with Crippen LogP contribution in [0.15, 0.2) is 45.6 Å². The molecule has 0 amide bonds. The van der Waals surface area contributed by atoms with E-state index in [0.717, 1.165) is 22.1 Å². The largest absolute Gasteiger partial charge is 0.488 e. The van der Waals surface area contributed by atoms with E-state index in [1.165, 1.54) is 6.07 Å². The number of hydrogen-bond donors (Lipinski definition) is 0. The highest BCUT2D eigenvalue weighted by atomic mass is 35.5. The van der Waals surface area contributed by atoms with Crippen LogP contribution in [-0.2, 0) is 22.6 Å². The number of esters is 1. The molecule has 2 aromatic carbocycles. The molecule has 29 heavy (non-hydrogen) atoms. The molecular formula is C22H20Cl2O5. The maximum Gasteiger partial charge on any atom is 0.336 e. The van der Waals surface area contributed by atoms with Crippen molar-refractivity contribution in [3.63, 3.8) is 0 Å². The van der Waals surface area contributed by atoms with Gasteiger partial charge in [-0.1, -0.05) is 29.3 Å². The Hall–Kier alpha value is -2.50. The Balaban J connectivity index is 1.92. The first-order valence-corrected chi connectivity index (χ1v) is 9.92. The third kappa shape index (κ3) is 5.31. The fourth-order valence-electron chi connectivity index (χ4n) is 2.98. The van der Waals surface area contributed by atoms with Gasteiger partial charge in [0.05, 0.1) is 16.7 Å². The number of carbonyl (C=O) groups excluding carboxylic acids is 1. The average Bonchev–Trinajstić information content (AvgIpc) is 2.67. The number of fused-ring (bicyclic) bond motifs is 1. The molecular weight excluding hydrogens is 415 g/mol. The highest BCUT2D eigenvalue weighted by Crippen LogP contribution is 2.30. The van der Waals surface area contributed by atoms with E-state index < -0.39 is 5.63 Å². The van der Waals surface area contributed by atoms with Gasteiger partial charge in [0.2, 0.25) is 0 Å². The number of hydrogen-bond acceptors (Lipinski definition) is 5. The van der Waals surface area contributed by atoms with E-state index in [-0.39, 0.29) is 19.0 Å². The molecule has 0 spiro atoms. The molecule has 0 fully saturated rings. The van der Waals surface area contributed by atoms with Crippen LogP contribution in [0.5, 0.6) is 5.75 Å². The van der Waals surface area contributed by atoms with E-state index in [1.54, 1.807) is 25.1 Å². The Labute approximate surface area is 178 Å². The smallest absolute Gasteiger partial charge is 0.336 e. The van der Waals surface area contributed by atoms with Gasteiger partial charge in [0.1, 0.15) is 17.9 Å². The second-order valence-corrected chi connectivity index (χ2v) is 7.36. The van der Waals surface area contributed by atoms with Crippen LogP contribution in [0.1, 0.15) is 30.0 Å². The van der Waals surface area contributed by atoms with Gasteiger partial charge < -0.3 is 13.9 Å². The van der Waals surface area contributed by atoms with Crippen molar-refractivity contribution in [3.8, 4) is 5.75 Å². The van der Waals surface area contributed by atoms with Gasteiger partial charge >= 0.3 is 11.6 Å². The van der Waals surface area contributed by atoms with E-state index in [9.17, 15) is 9.59 Å². The van der Waals surface area contributed by atoms with Gasteiger partial charge in [-0.2, -0.15) is 0 Å². The molecule has 152 valence electrons. The molecule has 5 nitrogen and oxygen atoms in total. The van der Waals surface area contributed by atoms with Gasteiger partial charge in [0.25, 0.3) is 0 Å². The Morgan fingerprint density at radius 2 is 1.90 bits per heavy atom. The number of ether oxygens (including phenoxy) is 2. The highest BCUT2D eigenvalue weighted by Gasteiger charge is 2.13. The Morgan fingerprint density at radius 1 is 1.10 bits per heavy atom. The van der Waals surface area contributed by atoms with Gasteiger partial charge in [0.15, 0.2) is 0 Å². The number of aryl methyl sites for hydroxylation is 2.